The first-order valence-corrected chi connectivity index (χ1v) is 14.3. The van der Waals surface area contributed by atoms with Gasteiger partial charge >= 0.3 is 0 Å². The van der Waals surface area contributed by atoms with E-state index in [4.69, 9.17) is 0 Å². The van der Waals surface area contributed by atoms with E-state index < -0.39 is 0 Å². The fourth-order valence-electron chi connectivity index (χ4n) is 5.42. The maximum Gasteiger partial charge on any atom is 0.128 e. The van der Waals surface area contributed by atoms with Crippen molar-refractivity contribution in [3.63, 3.8) is 0 Å². The molecular formula is C37H43FN2. The second-order valence-corrected chi connectivity index (χ2v) is 9.92. The largest absolute Gasteiger partial charge is 0.336 e. The van der Waals surface area contributed by atoms with E-state index in [-0.39, 0.29) is 5.82 Å². The minimum absolute atomic E-state index is 0.210. The minimum atomic E-state index is -0.210. The van der Waals surface area contributed by atoms with Crippen LogP contribution >= 0.6 is 0 Å². The van der Waals surface area contributed by atoms with E-state index in [1.807, 2.05) is 52.1 Å². The molecule has 0 saturated heterocycles. The fourth-order valence-corrected chi connectivity index (χ4v) is 5.42. The minimum Gasteiger partial charge on any atom is -0.336 e. The Morgan fingerprint density at radius 2 is 1.73 bits per heavy atom. The third kappa shape index (κ3) is 5.51. The molecule has 0 amide bonds. The number of rotatable bonds is 5. The summed E-state index contributed by atoms with van der Waals surface area (Å²) in [5.74, 6) is -0.210. The number of fused-ring (bicyclic) bond motifs is 5. The van der Waals surface area contributed by atoms with Crippen molar-refractivity contribution in [3.05, 3.63) is 113 Å². The predicted molar refractivity (Wildman–Crippen MR) is 175 cm³/mol. The zero-order valence-electron chi connectivity index (χ0n) is 25.3. The summed E-state index contributed by atoms with van der Waals surface area (Å²) in [5.41, 5.74) is 12.1. The van der Waals surface area contributed by atoms with Crippen molar-refractivity contribution in [3.8, 4) is 11.1 Å². The molecule has 40 heavy (non-hydrogen) atoms. The van der Waals surface area contributed by atoms with Gasteiger partial charge < -0.3 is 4.57 Å². The Balaban J connectivity index is 0.000000827. The normalized spacial score (nSPS) is 11.8. The standard InChI is InChI=1S/C32H29FN2.C3H8.C2H6/c1-7-11-25-20(5)16-29-30(24(25)9-3)31-26-12-10-13-34-28(26)15-21(6)32(31)35(29)18-23-17-22(8-2)19(4)14-27(23)33;1-3-2;1-2/h7-14,16-17H,2-3,6,15,18H2,1,4-5H3;3H2,1-2H3;1-2H3/b11-7-;;. The number of nitrogens with zero attached hydrogens (tertiary/aromatic N) is 2. The molecular weight excluding hydrogens is 491 g/mol. The molecule has 0 radical (unpaired) electrons. The second kappa shape index (κ2) is 13.4. The van der Waals surface area contributed by atoms with Gasteiger partial charge in [-0.2, -0.15) is 0 Å². The molecule has 2 aromatic carbocycles. The van der Waals surface area contributed by atoms with Crippen molar-refractivity contribution in [1.29, 1.82) is 0 Å². The molecule has 2 nitrogen and oxygen atoms in total. The first-order chi connectivity index (χ1) is 19.3. The Morgan fingerprint density at radius 1 is 1.02 bits per heavy atom. The number of halogens is 1. The summed E-state index contributed by atoms with van der Waals surface area (Å²) in [6.45, 7) is 27.2. The molecule has 4 aromatic rings. The van der Waals surface area contributed by atoms with Crippen LogP contribution in [0.1, 0.15) is 85.8 Å². The number of aryl methyl sites for hydroxylation is 2. The summed E-state index contributed by atoms with van der Waals surface area (Å²) in [6.07, 6.45) is 11.7. The Kier molecular flexibility index (Phi) is 10.2. The Hall–Kier alpha value is -3.98. The third-order valence-electron chi connectivity index (χ3n) is 7.04. The smallest absolute Gasteiger partial charge is 0.128 e. The van der Waals surface area contributed by atoms with E-state index in [1.165, 1.54) is 6.42 Å². The van der Waals surface area contributed by atoms with Crippen LogP contribution in [0.3, 0.4) is 0 Å². The van der Waals surface area contributed by atoms with Crippen LogP contribution in [0.5, 0.6) is 0 Å². The monoisotopic (exact) mass is 534 g/mol. The molecule has 2 heterocycles. The second-order valence-electron chi connectivity index (χ2n) is 9.92. The molecule has 1 aliphatic rings. The van der Waals surface area contributed by atoms with Gasteiger partial charge in [-0.25, -0.2) is 4.39 Å². The molecule has 0 saturated carbocycles. The summed E-state index contributed by atoms with van der Waals surface area (Å²) >= 11 is 0. The van der Waals surface area contributed by atoms with Gasteiger partial charge in [0.25, 0.3) is 0 Å². The quantitative estimate of drug-likeness (QED) is 0.249. The van der Waals surface area contributed by atoms with Crippen molar-refractivity contribution < 1.29 is 4.39 Å². The highest BCUT2D eigenvalue weighted by Gasteiger charge is 2.29. The molecule has 1 aliphatic carbocycles. The third-order valence-corrected chi connectivity index (χ3v) is 7.04. The first kappa shape index (κ1) is 30.6. The van der Waals surface area contributed by atoms with Gasteiger partial charge in [0.15, 0.2) is 0 Å². The van der Waals surface area contributed by atoms with E-state index in [1.54, 1.807) is 12.1 Å². The van der Waals surface area contributed by atoms with Crippen LogP contribution in [-0.4, -0.2) is 9.55 Å². The van der Waals surface area contributed by atoms with Crippen molar-refractivity contribution in [2.75, 3.05) is 0 Å². The number of allylic oxidation sites excluding steroid dienone is 2. The molecule has 2 aromatic heterocycles. The number of hydrogen-bond acceptors (Lipinski definition) is 1. The van der Waals surface area contributed by atoms with E-state index in [9.17, 15) is 0 Å². The summed E-state index contributed by atoms with van der Waals surface area (Å²) in [7, 11) is 0. The zero-order chi connectivity index (χ0) is 29.6. The maximum atomic E-state index is 15.2. The van der Waals surface area contributed by atoms with Crippen molar-refractivity contribution in [2.24, 2.45) is 0 Å². The van der Waals surface area contributed by atoms with Gasteiger partial charge in [0.05, 0.1) is 23.4 Å². The van der Waals surface area contributed by atoms with Gasteiger partial charge in [0.1, 0.15) is 5.82 Å². The summed E-state index contributed by atoms with van der Waals surface area (Å²) in [4.78, 5) is 4.67. The van der Waals surface area contributed by atoms with Gasteiger partial charge in [0.2, 0.25) is 0 Å². The van der Waals surface area contributed by atoms with Gasteiger partial charge in [-0.1, -0.05) is 84.2 Å². The molecule has 0 aliphatic heterocycles. The SMILES string of the molecule is C=Cc1cc(Cn2c3c(c4c(C=C)c(/C=C\C)c(C)cc42)-c2cccnc2CC3=C)c(F)cc1C.CC.CCC. The Labute approximate surface area is 240 Å². The molecule has 0 N–H and O–H groups in total. The van der Waals surface area contributed by atoms with Crippen LogP contribution in [0.25, 0.3) is 45.8 Å². The summed E-state index contributed by atoms with van der Waals surface area (Å²) < 4.78 is 17.4. The van der Waals surface area contributed by atoms with Gasteiger partial charge in [-0.3, -0.25) is 4.98 Å². The summed E-state index contributed by atoms with van der Waals surface area (Å²) in [5, 5.41) is 1.11. The number of aromatic nitrogens is 2. The maximum absolute atomic E-state index is 15.2. The molecule has 0 spiro atoms. The van der Waals surface area contributed by atoms with Crippen LogP contribution in [-0.2, 0) is 13.0 Å². The average molecular weight is 535 g/mol. The highest BCUT2D eigenvalue weighted by atomic mass is 19.1. The van der Waals surface area contributed by atoms with Crippen LogP contribution < -0.4 is 0 Å². The van der Waals surface area contributed by atoms with Crippen LogP contribution in [0.2, 0.25) is 0 Å². The lowest BCUT2D eigenvalue weighted by molar-refractivity contribution is 0.600. The van der Waals surface area contributed by atoms with Crippen molar-refractivity contribution in [1.82, 2.24) is 9.55 Å². The number of benzene rings is 2. The highest BCUT2D eigenvalue weighted by Crippen LogP contribution is 2.47. The lowest BCUT2D eigenvalue weighted by Gasteiger charge is -2.21. The molecule has 3 heteroatoms. The lowest BCUT2D eigenvalue weighted by Crippen LogP contribution is -2.11. The van der Waals surface area contributed by atoms with Crippen LogP contribution in [0, 0.1) is 19.7 Å². The van der Waals surface area contributed by atoms with Gasteiger partial charge in [-0.15, -0.1) is 0 Å². The highest BCUT2D eigenvalue weighted by molar-refractivity contribution is 6.10. The van der Waals surface area contributed by atoms with E-state index in [0.717, 1.165) is 66.8 Å². The Morgan fingerprint density at radius 3 is 2.35 bits per heavy atom. The van der Waals surface area contributed by atoms with Crippen molar-refractivity contribution >= 4 is 34.7 Å². The first-order valence-electron chi connectivity index (χ1n) is 14.3. The molecule has 208 valence electrons. The topological polar surface area (TPSA) is 17.8 Å². The zero-order valence-corrected chi connectivity index (χ0v) is 25.3. The number of pyridine rings is 1. The van der Waals surface area contributed by atoms with Gasteiger partial charge in [0, 0.05) is 34.7 Å². The summed E-state index contributed by atoms with van der Waals surface area (Å²) in [6, 6.07) is 9.82. The van der Waals surface area contributed by atoms with Crippen LogP contribution in [0.4, 0.5) is 4.39 Å². The molecule has 0 fully saturated rings. The predicted octanol–water partition coefficient (Wildman–Crippen LogP) is 10.8. The Bertz CT molecular complexity index is 1600. The van der Waals surface area contributed by atoms with Crippen molar-refractivity contribution in [2.45, 2.75) is 67.9 Å². The van der Waals surface area contributed by atoms with E-state index in [0.29, 0.717) is 18.5 Å². The number of hydrogen-bond donors (Lipinski definition) is 0. The molecule has 0 atom stereocenters. The molecule has 5 rings (SSSR count). The van der Waals surface area contributed by atoms with Gasteiger partial charge in [-0.05, 0) is 78.4 Å². The van der Waals surface area contributed by atoms with E-state index in [2.05, 4.69) is 74.3 Å². The van der Waals surface area contributed by atoms with Crippen LogP contribution in [0.15, 0.2) is 62.3 Å². The lowest BCUT2D eigenvalue weighted by atomic mass is 9.86. The van der Waals surface area contributed by atoms with E-state index >= 15 is 4.39 Å². The molecule has 0 bridgehead atoms. The average Bonchev–Trinajstić information content (AvgIpc) is 3.26. The molecule has 0 unspecified atom stereocenters. The fraction of sp³-hybridized carbons (Fsp3) is 0.270.